The molecule has 4 heteroatoms. The van der Waals surface area contributed by atoms with Crippen LogP contribution in [0.4, 0.5) is 5.69 Å². The molecule has 0 atom stereocenters. The summed E-state index contributed by atoms with van der Waals surface area (Å²) < 4.78 is 0. The molecule has 0 radical (unpaired) electrons. The van der Waals surface area contributed by atoms with Crippen molar-refractivity contribution < 1.29 is 0 Å². The van der Waals surface area contributed by atoms with Crippen LogP contribution in [0.5, 0.6) is 0 Å². The Morgan fingerprint density at radius 2 is 0.786 bits per heavy atom. The van der Waals surface area contributed by atoms with Gasteiger partial charge in [0.15, 0.2) is 23.2 Å². The van der Waals surface area contributed by atoms with Crippen molar-refractivity contribution in [3.05, 3.63) is 157 Å². The molecule has 0 saturated heterocycles. The van der Waals surface area contributed by atoms with Crippen molar-refractivity contribution in [2.75, 3.05) is 0 Å². The van der Waals surface area contributed by atoms with Gasteiger partial charge in [0, 0.05) is 16.7 Å². The molecule has 0 unspecified atom stereocenters. The van der Waals surface area contributed by atoms with E-state index >= 15 is 0 Å². The van der Waals surface area contributed by atoms with Crippen LogP contribution >= 0.6 is 0 Å². The van der Waals surface area contributed by atoms with Crippen LogP contribution in [-0.4, -0.2) is 15.0 Å². The van der Waals surface area contributed by atoms with Crippen molar-refractivity contribution in [1.82, 2.24) is 15.0 Å². The zero-order valence-electron chi connectivity index (χ0n) is 22.6. The minimum atomic E-state index is 0.638. The molecular weight excluding hydrogens is 512 g/mol. The molecule has 0 saturated carbocycles. The molecule has 0 aliphatic carbocycles. The monoisotopic (exact) mass is 536 g/mol. The highest BCUT2D eigenvalue weighted by atomic mass is 15.0. The number of benzene rings is 6. The number of rotatable bonds is 5. The second-order valence-corrected chi connectivity index (χ2v) is 10.1. The van der Waals surface area contributed by atoms with Gasteiger partial charge in [-0.25, -0.2) is 19.8 Å². The van der Waals surface area contributed by atoms with Crippen LogP contribution in [0.2, 0.25) is 0 Å². The average molecular weight is 537 g/mol. The molecule has 0 spiro atoms. The Morgan fingerprint density at radius 3 is 1.33 bits per heavy atom. The van der Waals surface area contributed by atoms with E-state index in [4.69, 9.17) is 21.5 Å². The van der Waals surface area contributed by atoms with E-state index in [0.717, 1.165) is 44.3 Å². The molecule has 0 bridgehead atoms. The standard InChI is InChI=1S/C38H24N4/c1-39-35-14-8-13-31(25-35)33-22-18-27-17-21-32(23-34(27)24-33)26-15-19-30(20-16-26)38-41-36(28-9-4-2-5-10-28)40-37(42-38)29-11-6-3-7-12-29/h2-25H. The normalized spacial score (nSPS) is 10.8. The largest absolute Gasteiger partial charge is 0.238 e. The van der Waals surface area contributed by atoms with E-state index in [9.17, 15) is 0 Å². The van der Waals surface area contributed by atoms with Gasteiger partial charge in [0.25, 0.3) is 0 Å². The first-order valence-electron chi connectivity index (χ1n) is 13.7. The van der Waals surface area contributed by atoms with Gasteiger partial charge in [-0.05, 0) is 51.2 Å². The summed E-state index contributed by atoms with van der Waals surface area (Å²) in [6.07, 6.45) is 0. The first-order valence-corrected chi connectivity index (χ1v) is 13.7. The highest BCUT2D eigenvalue weighted by Gasteiger charge is 2.12. The van der Waals surface area contributed by atoms with E-state index < -0.39 is 0 Å². The quantitative estimate of drug-likeness (QED) is 0.206. The van der Waals surface area contributed by atoms with E-state index in [0.29, 0.717) is 23.2 Å². The number of hydrogen-bond acceptors (Lipinski definition) is 3. The maximum absolute atomic E-state index is 7.34. The van der Waals surface area contributed by atoms with Gasteiger partial charge in [0.05, 0.1) is 6.57 Å². The van der Waals surface area contributed by atoms with Crippen molar-refractivity contribution in [1.29, 1.82) is 0 Å². The Balaban J connectivity index is 1.25. The van der Waals surface area contributed by atoms with E-state index in [1.165, 1.54) is 5.39 Å². The van der Waals surface area contributed by atoms with Crippen LogP contribution in [0, 0.1) is 6.57 Å². The third kappa shape index (κ3) is 5.03. The van der Waals surface area contributed by atoms with Crippen molar-refractivity contribution in [2.24, 2.45) is 0 Å². The lowest BCUT2D eigenvalue weighted by Crippen LogP contribution is -2.00. The Labute approximate surface area is 244 Å². The second-order valence-electron chi connectivity index (χ2n) is 10.1. The van der Waals surface area contributed by atoms with Gasteiger partial charge in [0.1, 0.15) is 0 Å². The summed E-state index contributed by atoms with van der Waals surface area (Å²) in [4.78, 5) is 18.1. The van der Waals surface area contributed by atoms with Gasteiger partial charge in [-0.3, -0.25) is 0 Å². The molecule has 0 N–H and O–H groups in total. The zero-order valence-corrected chi connectivity index (χ0v) is 22.6. The molecule has 7 aromatic rings. The third-order valence-electron chi connectivity index (χ3n) is 7.32. The topological polar surface area (TPSA) is 43.0 Å². The molecule has 7 rings (SSSR count). The molecule has 0 aliphatic rings. The summed E-state index contributed by atoms with van der Waals surface area (Å²) in [5, 5.41) is 2.33. The van der Waals surface area contributed by atoms with Crippen molar-refractivity contribution in [3.8, 4) is 56.4 Å². The fourth-order valence-electron chi connectivity index (χ4n) is 5.11. The Kier molecular flexibility index (Phi) is 6.52. The minimum Gasteiger partial charge on any atom is -0.238 e. The van der Waals surface area contributed by atoms with E-state index in [1.807, 2.05) is 84.9 Å². The van der Waals surface area contributed by atoms with Crippen molar-refractivity contribution >= 4 is 16.5 Å². The fourth-order valence-corrected chi connectivity index (χ4v) is 5.11. The van der Waals surface area contributed by atoms with Gasteiger partial charge in [-0.2, -0.15) is 0 Å². The first-order chi connectivity index (χ1) is 20.7. The van der Waals surface area contributed by atoms with E-state index in [-0.39, 0.29) is 0 Å². The van der Waals surface area contributed by atoms with Crippen LogP contribution in [-0.2, 0) is 0 Å². The number of hydrogen-bond donors (Lipinski definition) is 0. The van der Waals surface area contributed by atoms with E-state index in [2.05, 4.69) is 65.5 Å². The summed E-state index contributed by atoms with van der Waals surface area (Å²) in [5.41, 5.74) is 7.86. The van der Waals surface area contributed by atoms with Gasteiger partial charge < -0.3 is 0 Å². The molecule has 42 heavy (non-hydrogen) atoms. The molecule has 4 nitrogen and oxygen atoms in total. The molecule has 0 aliphatic heterocycles. The van der Waals surface area contributed by atoms with Crippen LogP contribution < -0.4 is 0 Å². The lowest BCUT2D eigenvalue weighted by molar-refractivity contribution is 1.07. The predicted octanol–water partition coefficient (Wildman–Crippen LogP) is 9.91. The van der Waals surface area contributed by atoms with Crippen molar-refractivity contribution in [3.63, 3.8) is 0 Å². The lowest BCUT2D eigenvalue weighted by atomic mass is 9.97. The van der Waals surface area contributed by atoms with Crippen LogP contribution in [0.3, 0.4) is 0 Å². The lowest BCUT2D eigenvalue weighted by Gasteiger charge is -2.10. The highest BCUT2D eigenvalue weighted by Crippen LogP contribution is 2.31. The van der Waals surface area contributed by atoms with Crippen LogP contribution in [0.25, 0.3) is 72.0 Å². The first kappa shape index (κ1) is 25.1. The zero-order chi connectivity index (χ0) is 28.3. The van der Waals surface area contributed by atoms with E-state index in [1.54, 1.807) is 0 Å². The Bertz CT molecular complexity index is 2020. The summed E-state index contributed by atoms with van der Waals surface area (Å²) in [6.45, 7) is 7.34. The molecular formula is C38H24N4. The molecule has 0 fully saturated rings. The summed E-state index contributed by atoms with van der Waals surface area (Å²) in [5.74, 6) is 1.94. The van der Waals surface area contributed by atoms with Gasteiger partial charge in [-0.1, -0.05) is 127 Å². The molecule has 1 aromatic heterocycles. The third-order valence-corrected chi connectivity index (χ3v) is 7.32. The molecule has 0 amide bonds. The number of aromatic nitrogens is 3. The molecule has 196 valence electrons. The number of fused-ring (bicyclic) bond motifs is 1. The average Bonchev–Trinajstić information content (AvgIpc) is 3.08. The predicted molar refractivity (Wildman–Crippen MR) is 171 cm³/mol. The Hall–Kier alpha value is -5.92. The molecule has 6 aromatic carbocycles. The minimum absolute atomic E-state index is 0.638. The Morgan fingerprint density at radius 1 is 0.357 bits per heavy atom. The van der Waals surface area contributed by atoms with Crippen LogP contribution in [0.15, 0.2) is 146 Å². The van der Waals surface area contributed by atoms with Gasteiger partial charge in [-0.15, -0.1) is 0 Å². The number of nitrogens with zero attached hydrogens (tertiary/aromatic N) is 4. The van der Waals surface area contributed by atoms with Crippen molar-refractivity contribution in [2.45, 2.75) is 0 Å². The van der Waals surface area contributed by atoms with Crippen LogP contribution in [0.1, 0.15) is 0 Å². The summed E-state index contributed by atoms with van der Waals surface area (Å²) in [7, 11) is 0. The smallest absolute Gasteiger partial charge is 0.187 e. The SMILES string of the molecule is [C-]#[N+]c1cccc(-c2ccc3ccc(-c4ccc(-c5nc(-c6ccccc6)nc(-c6ccccc6)n5)cc4)cc3c2)c1. The second kappa shape index (κ2) is 10.9. The summed E-state index contributed by atoms with van der Waals surface area (Å²) >= 11 is 0. The van der Waals surface area contributed by atoms with Gasteiger partial charge in [0.2, 0.25) is 0 Å². The van der Waals surface area contributed by atoms with Gasteiger partial charge >= 0.3 is 0 Å². The fraction of sp³-hybridized carbons (Fsp3) is 0. The maximum atomic E-state index is 7.34. The highest BCUT2D eigenvalue weighted by molar-refractivity contribution is 5.91. The maximum Gasteiger partial charge on any atom is 0.187 e. The summed E-state index contributed by atoms with van der Waals surface area (Å²) in [6, 6.07) is 49.1. The molecule has 1 heterocycles.